The second kappa shape index (κ2) is 10.2. The van der Waals surface area contributed by atoms with Crippen LogP contribution >= 0.6 is 0 Å². The summed E-state index contributed by atoms with van der Waals surface area (Å²) in [6.45, 7) is 0.972. The average Bonchev–Trinajstić information content (AvgIpc) is 0.811. The first-order valence-corrected chi connectivity index (χ1v) is 0.908. The smallest absolute Gasteiger partial charge is 1.00 e. The molecule has 2 nitrogen and oxygen atoms in total. The number of aliphatic carboxylic acids is 1. The van der Waals surface area contributed by atoms with Gasteiger partial charge in [-0.05, 0) is 6.92 Å². The first-order chi connectivity index (χ1) is 1.73. The van der Waals surface area contributed by atoms with Crippen molar-refractivity contribution in [3.63, 3.8) is 0 Å². The minimum atomic E-state index is -1.08. The molecule has 0 spiro atoms. The molecular formula is C2H4KNaO2. The zero-order valence-corrected chi connectivity index (χ0v) is 5.32. The van der Waals surface area contributed by atoms with E-state index in [-0.39, 0.29) is 80.9 Å². The van der Waals surface area contributed by atoms with Gasteiger partial charge in [0.25, 0.3) is 0 Å². The zero-order chi connectivity index (χ0) is 3.58. The van der Waals surface area contributed by atoms with Crippen LogP contribution in [0.1, 0.15) is 6.92 Å². The minimum absolute atomic E-state index is 0. The fourth-order valence-corrected chi connectivity index (χ4v) is 0. The van der Waals surface area contributed by atoms with Gasteiger partial charge in [0.1, 0.15) is 0 Å². The average molecular weight is 122 g/mol. The summed E-state index contributed by atoms with van der Waals surface area (Å²) in [5, 5.41) is 8.89. The quantitative estimate of drug-likeness (QED) is 0.302. The van der Waals surface area contributed by atoms with E-state index in [9.17, 15) is 0 Å². The van der Waals surface area contributed by atoms with Crippen LogP contribution in [0.3, 0.4) is 0 Å². The molecule has 0 rings (SSSR count). The van der Waals surface area contributed by atoms with Gasteiger partial charge in [0.15, 0.2) is 0 Å². The van der Waals surface area contributed by atoms with E-state index in [1.165, 1.54) is 0 Å². The molecular weight excluding hydrogens is 118 g/mol. The second-order valence-corrected chi connectivity index (χ2v) is 0.492. The van der Waals surface area contributed by atoms with Crippen LogP contribution in [0.4, 0.5) is 0 Å². The van der Waals surface area contributed by atoms with Gasteiger partial charge in [-0.1, -0.05) is 0 Å². The van der Waals surface area contributed by atoms with Crippen molar-refractivity contribution in [2.75, 3.05) is 0 Å². The van der Waals surface area contributed by atoms with Crippen molar-refractivity contribution in [2.24, 2.45) is 0 Å². The minimum Gasteiger partial charge on any atom is 1.00 e. The van der Waals surface area contributed by atoms with E-state index in [1.54, 1.807) is 0 Å². The predicted octanol–water partition coefficient (Wildman–Crippen LogP) is -4.89. The Bertz CT molecular complexity index is 34.5. The van der Waals surface area contributed by atoms with E-state index < -0.39 is 5.97 Å². The molecule has 0 aliphatic carbocycles. The number of hydrogen-bond acceptors (Lipinski definition) is 2. The maximum atomic E-state index is 8.89. The molecule has 0 aliphatic rings. The fourth-order valence-electron chi connectivity index (χ4n) is 0. The summed E-state index contributed by atoms with van der Waals surface area (Å²) in [5.41, 5.74) is 0. The Balaban J connectivity index is -0.0000000450. The summed E-state index contributed by atoms with van der Waals surface area (Å²) in [7, 11) is 0. The molecule has 0 N–H and O–H groups in total. The molecule has 0 bridgehead atoms. The normalized spacial score (nSPS) is 4.17. The van der Waals surface area contributed by atoms with Crippen LogP contribution in [0.5, 0.6) is 0 Å². The maximum Gasteiger partial charge on any atom is 1.00 e. The fraction of sp³-hybridized carbons (Fsp3) is 0.500. The van der Waals surface area contributed by atoms with Crippen LogP contribution in [0.2, 0.25) is 0 Å². The second-order valence-electron chi connectivity index (χ2n) is 0.492. The van der Waals surface area contributed by atoms with Crippen LogP contribution in [0.25, 0.3) is 0 Å². The topological polar surface area (TPSA) is 40.1 Å². The molecule has 26 valence electrons. The van der Waals surface area contributed by atoms with Gasteiger partial charge in [0, 0.05) is 5.97 Å². The Morgan fingerprint density at radius 2 is 1.67 bits per heavy atom. The standard InChI is InChI=1S/C2H4O2.K.Na.H/c1-2(3)4;;;/h1H3,(H,3,4);;;/q;;+1;/p-1. The Hall–Kier alpha value is 2.11. The van der Waals surface area contributed by atoms with E-state index in [2.05, 4.69) is 0 Å². The monoisotopic (exact) mass is 122 g/mol. The Morgan fingerprint density at radius 3 is 1.67 bits per heavy atom. The summed E-state index contributed by atoms with van der Waals surface area (Å²) >= 11 is 0. The molecule has 0 aromatic heterocycles. The molecule has 0 aromatic rings. The molecule has 0 heterocycles. The van der Waals surface area contributed by atoms with Gasteiger partial charge in [-0.15, -0.1) is 0 Å². The molecule has 0 saturated heterocycles. The summed E-state index contributed by atoms with van der Waals surface area (Å²) in [4.78, 5) is 8.89. The van der Waals surface area contributed by atoms with Gasteiger partial charge in [0.2, 0.25) is 0 Å². The molecule has 0 unspecified atom stereocenters. The molecule has 0 radical (unpaired) electrons. The summed E-state index contributed by atoms with van der Waals surface area (Å²) in [5.74, 6) is -1.08. The van der Waals surface area contributed by atoms with Crippen molar-refractivity contribution in [2.45, 2.75) is 6.92 Å². The van der Waals surface area contributed by atoms with Crippen molar-refractivity contribution >= 4 is 57.4 Å². The Kier molecular flexibility index (Phi) is 26.6. The summed E-state index contributed by atoms with van der Waals surface area (Å²) in [6.07, 6.45) is 0. The maximum absolute atomic E-state index is 8.89. The Labute approximate surface area is 101 Å². The summed E-state index contributed by atoms with van der Waals surface area (Å²) in [6, 6.07) is 0. The molecule has 0 saturated carbocycles. The van der Waals surface area contributed by atoms with Gasteiger partial charge in [-0.2, -0.15) is 0 Å². The molecule has 0 amide bonds. The van der Waals surface area contributed by atoms with Crippen LogP contribution in [-0.2, 0) is 4.79 Å². The summed E-state index contributed by atoms with van der Waals surface area (Å²) < 4.78 is 0. The van der Waals surface area contributed by atoms with E-state index >= 15 is 0 Å². The molecule has 0 aromatic carbocycles. The SMILES string of the molecule is CC(=O)[O-].[KH].[Na+]. The first kappa shape index (κ1) is 15.7. The number of carbonyl (C=O) groups is 1. The van der Waals surface area contributed by atoms with Crippen LogP contribution in [-0.4, -0.2) is 57.4 Å². The van der Waals surface area contributed by atoms with E-state index in [0.29, 0.717) is 0 Å². The van der Waals surface area contributed by atoms with Crippen molar-refractivity contribution < 1.29 is 39.5 Å². The zero-order valence-electron chi connectivity index (χ0n) is 3.32. The van der Waals surface area contributed by atoms with Crippen LogP contribution in [0, 0.1) is 0 Å². The third-order valence-corrected chi connectivity index (χ3v) is 0. The van der Waals surface area contributed by atoms with E-state index in [1.807, 2.05) is 0 Å². The molecule has 6 heavy (non-hydrogen) atoms. The van der Waals surface area contributed by atoms with E-state index in [0.717, 1.165) is 6.92 Å². The van der Waals surface area contributed by atoms with Gasteiger partial charge < -0.3 is 9.90 Å². The van der Waals surface area contributed by atoms with Gasteiger partial charge >= 0.3 is 80.9 Å². The van der Waals surface area contributed by atoms with Crippen molar-refractivity contribution in [1.29, 1.82) is 0 Å². The third-order valence-electron chi connectivity index (χ3n) is 0. The molecule has 4 heteroatoms. The van der Waals surface area contributed by atoms with Gasteiger partial charge in [-0.25, -0.2) is 0 Å². The van der Waals surface area contributed by atoms with E-state index in [4.69, 9.17) is 9.90 Å². The number of carboxylic acid groups (broad SMARTS) is 1. The number of carbonyl (C=O) groups excluding carboxylic acids is 1. The van der Waals surface area contributed by atoms with Gasteiger partial charge in [-0.3, -0.25) is 0 Å². The predicted molar refractivity (Wildman–Crippen MR) is 17.8 cm³/mol. The van der Waals surface area contributed by atoms with Crippen molar-refractivity contribution in [3.05, 3.63) is 0 Å². The number of carboxylic acids is 1. The van der Waals surface area contributed by atoms with Crippen molar-refractivity contribution in [1.82, 2.24) is 0 Å². The third kappa shape index (κ3) is 35.9. The van der Waals surface area contributed by atoms with Gasteiger partial charge in [0.05, 0.1) is 0 Å². The van der Waals surface area contributed by atoms with Crippen LogP contribution in [0.15, 0.2) is 0 Å². The molecule has 0 aliphatic heterocycles. The Morgan fingerprint density at radius 1 is 1.67 bits per heavy atom. The van der Waals surface area contributed by atoms with Crippen molar-refractivity contribution in [3.8, 4) is 0 Å². The largest absolute Gasteiger partial charge is 1.00 e. The molecule has 0 atom stereocenters. The van der Waals surface area contributed by atoms with Crippen LogP contribution < -0.4 is 34.7 Å². The molecule has 0 fully saturated rings. The number of hydrogen-bond donors (Lipinski definition) is 0. The number of rotatable bonds is 0. The first-order valence-electron chi connectivity index (χ1n) is 0.908.